The summed E-state index contributed by atoms with van der Waals surface area (Å²) in [6.07, 6.45) is 1.53. The molecule has 3 aromatic rings. The zero-order valence-corrected chi connectivity index (χ0v) is 18.7. The fourth-order valence-electron chi connectivity index (χ4n) is 3.50. The normalized spacial score (nSPS) is 10.8. The van der Waals surface area contributed by atoms with E-state index in [1.807, 2.05) is 13.8 Å². The Morgan fingerprint density at radius 1 is 0.969 bits per heavy atom. The second-order valence-corrected chi connectivity index (χ2v) is 7.64. The number of hydrogen-bond donors (Lipinski definition) is 1. The van der Waals surface area contributed by atoms with Crippen LogP contribution in [0, 0.1) is 5.92 Å². The van der Waals surface area contributed by atoms with Crippen LogP contribution in [0.3, 0.4) is 0 Å². The third kappa shape index (κ3) is 4.44. The SMILES string of the molecule is COC(=O)c1ccccc1NC(=O)c1cn(CC(C)C)c(=O)c2cc(OC)c(OC)cc12. The number of hydrogen-bond acceptors (Lipinski definition) is 6. The summed E-state index contributed by atoms with van der Waals surface area (Å²) in [5.41, 5.74) is 0.559. The molecule has 1 heterocycles. The minimum absolute atomic E-state index is 0.182. The zero-order valence-electron chi connectivity index (χ0n) is 18.7. The number of para-hydroxylation sites is 1. The molecule has 0 unspecified atom stereocenters. The molecule has 0 aliphatic carbocycles. The third-order valence-corrected chi connectivity index (χ3v) is 4.98. The molecule has 32 heavy (non-hydrogen) atoms. The predicted molar refractivity (Wildman–Crippen MR) is 122 cm³/mol. The van der Waals surface area contributed by atoms with E-state index < -0.39 is 11.9 Å². The van der Waals surface area contributed by atoms with Crippen molar-refractivity contribution in [2.75, 3.05) is 26.6 Å². The lowest BCUT2D eigenvalue weighted by Crippen LogP contribution is -2.26. The van der Waals surface area contributed by atoms with Crippen molar-refractivity contribution >= 4 is 28.3 Å². The van der Waals surface area contributed by atoms with Crippen LogP contribution in [0.25, 0.3) is 10.8 Å². The van der Waals surface area contributed by atoms with Crippen LogP contribution in [0.1, 0.15) is 34.6 Å². The molecular formula is C24H26N2O6. The highest BCUT2D eigenvalue weighted by Gasteiger charge is 2.20. The first-order chi connectivity index (χ1) is 15.3. The van der Waals surface area contributed by atoms with Gasteiger partial charge in [-0.25, -0.2) is 4.79 Å². The molecule has 168 valence electrons. The quantitative estimate of drug-likeness (QED) is 0.565. The molecule has 0 atom stereocenters. The molecule has 0 bridgehead atoms. The van der Waals surface area contributed by atoms with E-state index in [9.17, 15) is 14.4 Å². The number of esters is 1. The number of amides is 1. The van der Waals surface area contributed by atoms with Crippen LogP contribution in [0.4, 0.5) is 5.69 Å². The van der Waals surface area contributed by atoms with Gasteiger partial charge in [-0.2, -0.15) is 0 Å². The van der Waals surface area contributed by atoms with E-state index in [1.165, 1.54) is 32.1 Å². The predicted octanol–water partition coefficient (Wildman–Crippen LogP) is 3.71. The van der Waals surface area contributed by atoms with Gasteiger partial charge in [0.2, 0.25) is 0 Å². The van der Waals surface area contributed by atoms with Crippen LogP contribution in [0.2, 0.25) is 0 Å². The molecule has 1 amide bonds. The number of nitrogens with one attached hydrogen (secondary N) is 1. The van der Waals surface area contributed by atoms with Crippen LogP contribution in [0.5, 0.6) is 11.5 Å². The van der Waals surface area contributed by atoms with E-state index in [1.54, 1.807) is 36.4 Å². The number of fused-ring (bicyclic) bond motifs is 1. The first-order valence-corrected chi connectivity index (χ1v) is 10.1. The second-order valence-electron chi connectivity index (χ2n) is 7.64. The highest BCUT2D eigenvalue weighted by Crippen LogP contribution is 2.32. The van der Waals surface area contributed by atoms with Gasteiger partial charge in [0.25, 0.3) is 11.5 Å². The number of ether oxygens (including phenoxy) is 3. The number of methoxy groups -OCH3 is 3. The molecular weight excluding hydrogens is 412 g/mol. The molecule has 0 saturated heterocycles. The van der Waals surface area contributed by atoms with Gasteiger partial charge in [-0.15, -0.1) is 0 Å². The van der Waals surface area contributed by atoms with Crippen LogP contribution in [-0.2, 0) is 11.3 Å². The number of anilines is 1. The summed E-state index contributed by atoms with van der Waals surface area (Å²) in [4.78, 5) is 38.6. The molecule has 0 spiro atoms. The Bertz CT molecular complexity index is 1230. The molecule has 8 nitrogen and oxygen atoms in total. The Morgan fingerprint density at radius 3 is 2.19 bits per heavy atom. The van der Waals surface area contributed by atoms with Gasteiger partial charge < -0.3 is 24.1 Å². The summed E-state index contributed by atoms with van der Waals surface area (Å²) < 4.78 is 17.0. The monoisotopic (exact) mass is 438 g/mol. The first kappa shape index (κ1) is 22.9. The Labute approximate surface area is 185 Å². The lowest BCUT2D eigenvalue weighted by Gasteiger charge is -2.16. The smallest absolute Gasteiger partial charge is 0.339 e. The number of aromatic nitrogens is 1. The minimum atomic E-state index is -0.568. The Kier molecular flexibility index (Phi) is 6.82. The fraction of sp³-hybridized carbons (Fsp3) is 0.292. The molecule has 2 aromatic carbocycles. The highest BCUT2D eigenvalue weighted by molar-refractivity contribution is 6.14. The van der Waals surface area contributed by atoms with Crippen molar-refractivity contribution in [3.8, 4) is 11.5 Å². The highest BCUT2D eigenvalue weighted by atomic mass is 16.5. The minimum Gasteiger partial charge on any atom is -0.493 e. The maximum Gasteiger partial charge on any atom is 0.339 e. The van der Waals surface area contributed by atoms with Crippen molar-refractivity contribution in [3.63, 3.8) is 0 Å². The van der Waals surface area contributed by atoms with Crippen molar-refractivity contribution in [1.29, 1.82) is 0 Å². The largest absolute Gasteiger partial charge is 0.493 e. The Morgan fingerprint density at radius 2 is 1.59 bits per heavy atom. The number of carbonyl (C=O) groups is 2. The van der Waals surface area contributed by atoms with Gasteiger partial charge in [0.15, 0.2) is 11.5 Å². The summed E-state index contributed by atoms with van der Waals surface area (Å²) in [6, 6.07) is 9.74. The molecule has 1 N–H and O–H groups in total. The van der Waals surface area contributed by atoms with Gasteiger partial charge in [0.1, 0.15) is 0 Å². The van der Waals surface area contributed by atoms with Crippen LogP contribution in [-0.4, -0.2) is 37.8 Å². The topological polar surface area (TPSA) is 95.9 Å². The molecule has 0 aliphatic rings. The van der Waals surface area contributed by atoms with Crippen molar-refractivity contribution in [3.05, 3.63) is 64.1 Å². The zero-order chi connectivity index (χ0) is 23.4. The van der Waals surface area contributed by atoms with Gasteiger partial charge in [0.05, 0.1) is 43.5 Å². The summed E-state index contributed by atoms with van der Waals surface area (Å²) in [5, 5.41) is 3.52. The maximum absolute atomic E-state index is 13.3. The summed E-state index contributed by atoms with van der Waals surface area (Å²) in [7, 11) is 4.24. The Balaban J connectivity index is 2.20. The van der Waals surface area contributed by atoms with Gasteiger partial charge in [-0.1, -0.05) is 26.0 Å². The number of pyridine rings is 1. The van der Waals surface area contributed by atoms with E-state index in [0.29, 0.717) is 34.5 Å². The second kappa shape index (κ2) is 9.55. The molecule has 0 saturated carbocycles. The Hall–Kier alpha value is -3.81. The van der Waals surface area contributed by atoms with Crippen molar-refractivity contribution in [2.24, 2.45) is 5.92 Å². The molecule has 0 radical (unpaired) electrons. The summed E-state index contributed by atoms with van der Waals surface area (Å²) in [6.45, 7) is 4.40. The van der Waals surface area contributed by atoms with E-state index in [4.69, 9.17) is 14.2 Å². The number of rotatable bonds is 7. The first-order valence-electron chi connectivity index (χ1n) is 10.1. The number of benzene rings is 2. The molecule has 8 heteroatoms. The maximum atomic E-state index is 13.3. The van der Waals surface area contributed by atoms with Gasteiger partial charge in [-0.05, 0) is 30.2 Å². The molecule has 3 rings (SSSR count). The lowest BCUT2D eigenvalue weighted by molar-refractivity contribution is 0.0602. The van der Waals surface area contributed by atoms with Gasteiger partial charge in [0, 0.05) is 18.1 Å². The standard InChI is InChI=1S/C24H26N2O6/c1-14(2)12-26-13-18(16-10-20(30-3)21(31-4)11-17(16)23(26)28)22(27)25-19-9-7-6-8-15(19)24(29)32-5/h6-11,13-14H,12H2,1-5H3,(H,25,27). The summed E-state index contributed by atoms with van der Waals surface area (Å²) >= 11 is 0. The van der Waals surface area contributed by atoms with Crippen molar-refractivity contribution in [1.82, 2.24) is 4.57 Å². The van der Waals surface area contributed by atoms with Gasteiger partial charge in [-0.3, -0.25) is 9.59 Å². The van der Waals surface area contributed by atoms with Crippen molar-refractivity contribution < 1.29 is 23.8 Å². The average Bonchev–Trinajstić information content (AvgIpc) is 2.79. The average molecular weight is 438 g/mol. The number of nitrogens with zero attached hydrogens (tertiary/aromatic N) is 1. The van der Waals surface area contributed by atoms with Crippen LogP contribution < -0.4 is 20.3 Å². The fourth-order valence-corrected chi connectivity index (χ4v) is 3.50. The molecule has 0 aliphatic heterocycles. The van der Waals surface area contributed by atoms with Gasteiger partial charge >= 0.3 is 5.97 Å². The van der Waals surface area contributed by atoms with E-state index in [2.05, 4.69) is 5.32 Å². The molecule has 0 fully saturated rings. The van der Waals surface area contributed by atoms with Crippen LogP contribution in [0.15, 0.2) is 47.4 Å². The lowest BCUT2D eigenvalue weighted by atomic mass is 10.0. The third-order valence-electron chi connectivity index (χ3n) is 4.98. The van der Waals surface area contributed by atoms with E-state index in [-0.39, 0.29) is 22.6 Å². The molecule has 1 aromatic heterocycles. The van der Waals surface area contributed by atoms with Crippen molar-refractivity contribution in [2.45, 2.75) is 20.4 Å². The van der Waals surface area contributed by atoms with E-state index in [0.717, 1.165) is 0 Å². The van der Waals surface area contributed by atoms with Crippen LogP contribution >= 0.6 is 0 Å². The summed E-state index contributed by atoms with van der Waals surface area (Å²) in [5.74, 6) is -0.0777. The number of carbonyl (C=O) groups excluding carboxylic acids is 2. The van der Waals surface area contributed by atoms with E-state index >= 15 is 0 Å².